The fourth-order valence-corrected chi connectivity index (χ4v) is 6.27. The fraction of sp³-hybridized carbons (Fsp3) is 0.292. The van der Waals surface area contributed by atoms with Gasteiger partial charge in [0.15, 0.2) is 0 Å². The normalized spacial score (nSPS) is 18.0. The Bertz CT molecular complexity index is 1360. The van der Waals surface area contributed by atoms with Gasteiger partial charge in [-0.15, -0.1) is 0 Å². The van der Waals surface area contributed by atoms with Gasteiger partial charge in [-0.2, -0.15) is 13.2 Å². The van der Waals surface area contributed by atoms with E-state index in [-0.39, 0.29) is 17.3 Å². The standard InChI is InChI=1S/C24H22F3N3O3S/c25-24(26,27)19-7-1-4-17(14-19)15-28-10-12-29(13-11-28)22(31)16-30-20-8-2-5-18-6-3-9-21(23(18)20)34(30,32)33/h1-9,14H,10-13,15-16H2. The molecule has 0 atom stereocenters. The molecule has 0 spiro atoms. The molecular formula is C24H22F3N3O3S. The smallest absolute Gasteiger partial charge is 0.339 e. The van der Waals surface area contributed by atoms with Gasteiger partial charge >= 0.3 is 6.18 Å². The summed E-state index contributed by atoms with van der Waals surface area (Å²) < 4.78 is 66.3. The number of anilines is 1. The van der Waals surface area contributed by atoms with E-state index in [0.29, 0.717) is 49.4 Å². The molecule has 0 bridgehead atoms. The Morgan fingerprint density at radius 1 is 0.912 bits per heavy atom. The van der Waals surface area contributed by atoms with Gasteiger partial charge in [0, 0.05) is 38.1 Å². The van der Waals surface area contributed by atoms with E-state index in [0.717, 1.165) is 17.5 Å². The van der Waals surface area contributed by atoms with Crippen molar-refractivity contribution in [3.05, 3.63) is 71.8 Å². The number of rotatable bonds is 4. The number of alkyl halides is 3. The second-order valence-electron chi connectivity index (χ2n) is 8.50. The highest BCUT2D eigenvalue weighted by Crippen LogP contribution is 2.41. The molecule has 3 aromatic carbocycles. The van der Waals surface area contributed by atoms with Crippen LogP contribution in [0.3, 0.4) is 0 Å². The highest BCUT2D eigenvalue weighted by Gasteiger charge is 2.37. The number of hydrogen-bond donors (Lipinski definition) is 0. The first-order valence-corrected chi connectivity index (χ1v) is 12.3. The maximum absolute atomic E-state index is 13.1. The molecule has 5 rings (SSSR count). The zero-order chi connectivity index (χ0) is 24.1. The molecule has 3 aromatic rings. The van der Waals surface area contributed by atoms with E-state index >= 15 is 0 Å². The van der Waals surface area contributed by atoms with Gasteiger partial charge in [-0.05, 0) is 29.1 Å². The van der Waals surface area contributed by atoms with E-state index in [4.69, 9.17) is 0 Å². The Morgan fingerprint density at radius 2 is 1.59 bits per heavy atom. The molecule has 0 radical (unpaired) electrons. The van der Waals surface area contributed by atoms with Crippen molar-refractivity contribution in [2.24, 2.45) is 0 Å². The van der Waals surface area contributed by atoms with Crippen molar-refractivity contribution in [2.75, 3.05) is 37.0 Å². The fourth-order valence-electron chi connectivity index (χ4n) is 4.61. The molecule has 0 aromatic heterocycles. The molecule has 0 N–H and O–H groups in total. The highest BCUT2D eigenvalue weighted by atomic mass is 32.2. The molecule has 2 aliphatic rings. The van der Waals surface area contributed by atoms with E-state index < -0.39 is 21.8 Å². The van der Waals surface area contributed by atoms with Crippen LogP contribution in [0.15, 0.2) is 65.6 Å². The van der Waals surface area contributed by atoms with Crippen LogP contribution in [0, 0.1) is 0 Å². The van der Waals surface area contributed by atoms with Crippen LogP contribution in [-0.4, -0.2) is 56.8 Å². The Morgan fingerprint density at radius 3 is 2.29 bits per heavy atom. The van der Waals surface area contributed by atoms with Crippen molar-refractivity contribution in [1.29, 1.82) is 0 Å². The van der Waals surface area contributed by atoms with E-state index in [2.05, 4.69) is 0 Å². The lowest BCUT2D eigenvalue weighted by Gasteiger charge is -2.35. The number of carbonyl (C=O) groups is 1. The molecule has 2 aliphatic heterocycles. The summed E-state index contributed by atoms with van der Waals surface area (Å²) in [6, 6.07) is 15.6. The van der Waals surface area contributed by atoms with Gasteiger partial charge in [0.25, 0.3) is 10.0 Å². The van der Waals surface area contributed by atoms with Crippen LogP contribution < -0.4 is 4.31 Å². The number of benzene rings is 3. The first kappa shape index (κ1) is 22.7. The number of amides is 1. The SMILES string of the molecule is O=C(CN1c2cccc3cccc(c23)S1(=O)=O)N1CCN(Cc2cccc(C(F)(F)F)c2)CC1. The number of halogens is 3. The lowest BCUT2D eigenvalue weighted by atomic mass is 10.1. The third-order valence-electron chi connectivity index (χ3n) is 6.35. The van der Waals surface area contributed by atoms with Gasteiger partial charge in [0.05, 0.1) is 16.1 Å². The van der Waals surface area contributed by atoms with Gasteiger partial charge in [-0.3, -0.25) is 14.0 Å². The Balaban J connectivity index is 1.24. The number of nitrogens with zero attached hydrogens (tertiary/aromatic N) is 3. The van der Waals surface area contributed by atoms with Crippen LogP contribution >= 0.6 is 0 Å². The Labute approximate surface area is 195 Å². The van der Waals surface area contributed by atoms with E-state index in [9.17, 15) is 26.4 Å². The van der Waals surface area contributed by atoms with E-state index in [1.165, 1.54) is 10.4 Å². The molecule has 1 fully saturated rings. The second-order valence-corrected chi connectivity index (χ2v) is 10.3. The van der Waals surface area contributed by atoms with Gasteiger partial charge in [0.2, 0.25) is 5.91 Å². The van der Waals surface area contributed by atoms with Crippen LogP contribution in [-0.2, 0) is 27.5 Å². The van der Waals surface area contributed by atoms with Crippen LogP contribution in [0.25, 0.3) is 10.8 Å². The topological polar surface area (TPSA) is 60.9 Å². The quantitative estimate of drug-likeness (QED) is 0.561. The molecule has 178 valence electrons. The molecule has 10 heteroatoms. The van der Waals surface area contributed by atoms with Crippen LogP contribution in [0.5, 0.6) is 0 Å². The molecule has 0 saturated carbocycles. The lowest BCUT2D eigenvalue weighted by molar-refractivity contribution is -0.137. The maximum Gasteiger partial charge on any atom is 0.416 e. The number of sulfonamides is 1. The summed E-state index contributed by atoms with van der Waals surface area (Å²) in [5.74, 6) is -0.299. The lowest BCUT2D eigenvalue weighted by Crippen LogP contribution is -2.51. The largest absolute Gasteiger partial charge is 0.416 e. The summed E-state index contributed by atoms with van der Waals surface area (Å²) >= 11 is 0. The molecule has 1 amide bonds. The average molecular weight is 490 g/mol. The summed E-state index contributed by atoms with van der Waals surface area (Å²) in [5, 5.41) is 1.43. The molecule has 2 heterocycles. The van der Waals surface area contributed by atoms with Crippen molar-refractivity contribution >= 4 is 32.4 Å². The predicted octanol–water partition coefficient (Wildman–Crippen LogP) is 3.71. The Hall–Kier alpha value is -3.11. The van der Waals surface area contributed by atoms with E-state index in [1.807, 2.05) is 17.0 Å². The third-order valence-corrected chi connectivity index (χ3v) is 8.15. The molecule has 34 heavy (non-hydrogen) atoms. The van der Waals surface area contributed by atoms with Gasteiger partial charge < -0.3 is 4.90 Å². The molecule has 1 saturated heterocycles. The highest BCUT2D eigenvalue weighted by molar-refractivity contribution is 7.93. The zero-order valence-electron chi connectivity index (χ0n) is 18.1. The number of hydrogen-bond acceptors (Lipinski definition) is 4. The van der Waals surface area contributed by atoms with Gasteiger partial charge in [-0.1, -0.05) is 42.5 Å². The summed E-state index contributed by atoms with van der Waals surface area (Å²) in [6.07, 6.45) is -4.39. The predicted molar refractivity (Wildman–Crippen MR) is 122 cm³/mol. The number of carbonyl (C=O) groups excluding carboxylic acids is 1. The van der Waals surface area contributed by atoms with Gasteiger partial charge in [0.1, 0.15) is 6.54 Å². The molecule has 0 unspecified atom stereocenters. The average Bonchev–Trinajstić information content (AvgIpc) is 3.02. The first-order chi connectivity index (χ1) is 16.1. The summed E-state index contributed by atoms with van der Waals surface area (Å²) in [6.45, 7) is 1.80. The van der Waals surface area contributed by atoms with Crippen molar-refractivity contribution in [1.82, 2.24) is 9.80 Å². The summed E-state index contributed by atoms with van der Waals surface area (Å²) in [5.41, 5.74) is 0.384. The monoisotopic (exact) mass is 489 g/mol. The van der Waals surface area contributed by atoms with Crippen molar-refractivity contribution in [3.8, 4) is 0 Å². The van der Waals surface area contributed by atoms with Crippen molar-refractivity contribution in [2.45, 2.75) is 17.6 Å². The minimum Gasteiger partial charge on any atom is -0.339 e. The summed E-state index contributed by atoms with van der Waals surface area (Å²) in [7, 11) is -3.82. The minimum absolute atomic E-state index is 0.208. The maximum atomic E-state index is 13.1. The molecule has 0 aliphatic carbocycles. The van der Waals surface area contributed by atoms with Crippen LogP contribution in [0.1, 0.15) is 11.1 Å². The number of piperazine rings is 1. The summed E-state index contributed by atoms with van der Waals surface area (Å²) in [4.78, 5) is 16.8. The van der Waals surface area contributed by atoms with E-state index in [1.54, 1.807) is 35.2 Å². The second kappa shape index (κ2) is 8.28. The minimum atomic E-state index is -4.39. The molecular weight excluding hydrogens is 467 g/mol. The van der Waals surface area contributed by atoms with Crippen molar-refractivity contribution < 1.29 is 26.4 Å². The van der Waals surface area contributed by atoms with Gasteiger partial charge in [-0.25, -0.2) is 8.42 Å². The Kier molecular flexibility index (Phi) is 5.52. The van der Waals surface area contributed by atoms with Crippen LogP contribution in [0.2, 0.25) is 0 Å². The zero-order valence-corrected chi connectivity index (χ0v) is 18.9. The van der Waals surface area contributed by atoms with Crippen molar-refractivity contribution in [3.63, 3.8) is 0 Å². The third kappa shape index (κ3) is 4.01. The van der Waals surface area contributed by atoms with Crippen LogP contribution in [0.4, 0.5) is 18.9 Å². The molecule has 6 nitrogen and oxygen atoms in total. The first-order valence-electron chi connectivity index (χ1n) is 10.9.